The van der Waals surface area contributed by atoms with Gasteiger partial charge in [-0.2, -0.15) is 0 Å². The summed E-state index contributed by atoms with van der Waals surface area (Å²) in [6, 6.07) is 22.0. The molecule has 3 heterocycles. The topological polar surface area (TPSA) is 82.0 Å². The lowest BCUT2D eigenvalue weighted by Gasteiger charge is -2.36. The highest BCUT2D eigenvalue weighted by Crippen LogP contribution is 2.39. The fourth-order valence-electron chi connectivity index (χ4n) is 5.65. The Morgan fingerprint density at radius 3 is 2.12 bits per heavy atom. The fraction of sp³-hybridized carbons (Fsp3) is 0.242. The highest BCUT2D eigenvalue weighted by Gasteiger charge is 2.28. The summed E-state index contributed by atoms with van der Waals surface area (Å²) >= 11 is 0. The number of hydrogen-bond donors (Lipinski definition) is 0. The summed E-state index contributed by atoms with van der Waals surface area (Å²) < 4.78 is 18.5. The normalized spacial score (nSPS) is 13.3. The third-order valence-electron chi connectivity index (χ3n) is 7.80. The molecule has 1 amide bonds. The van der Waals surface area contributed by atoms with Crippen LogP contribution >= 0.6 is 0 Å². The molecule has 3 aromatic carbocycles. The molecule has 214 valence electrons. The van der Waals surface area contributed by atoms with Gasteiger partial charge >= 0.3 is 0 Å². The van der Waals surface area contributed by atoms with E-state index < -0.39 is 0 Å². The maximum Gasteiger partial charge on any atom is 0.254 e. The average Bonchev–Trinajstić information content (AvgIpc) is 3.44. The number of hydrogen-bond acceptors (Lipinski definition) is 7. The van der Waals surface area contributed by atoms with Crippen LogP contribution in [0.1, 0.15) is 15.9 Å². The fourth-order valence-corrected chi connectivity index (χ4v) is 5.65. The van der Waals surface area contributed by atoms with Gasteiger partial charge in [-0.1, -0.05) is 48.5 Å². The summed E-state index contributed by atoms with van der Waals surface area (Å²) in [5.74, 6) is 2.15. The molecule has 42 heavy (non-hydrogen) atoms. The minimum atomic E-state index is -0.0857. The number of methoxy groups -OCH3 is 3. The molecule has 1 fully saturated rings. The number of nitrogens with zero attached hydrogens (tertiary/aromatic N) is 5. The highest BCUT2D eigenvalue weighted by atomic mass is 16.5. The van der Waals surface area contributed by atoms with Gasteiger partial charge in [-0.05, 0) is 36.2 Å². The van der Waals surface area contributed by atoms with Crippen molar-refractivity contribution in [3.63, 3.8) is 0 Å². The van der Waals surface area contributed by atoms with Gasteiger partial charge in [0.15, 0.2) is 17.1 Å². The van der Waals surface area contributed by atoms with E-state index in [1.807, 2.05) is 35.2 Å². The maximum absolute atomic E-state index is 13.5. The monoisotopic (exact) mass is 563 g/mol. The first-order chi connectivity index (χ1) is 20.5. The average molecular weight is 564 g/mol. The first-order valence-corrected chi connectivity index (χ1v) is 13.9. The minimum absolute atomic E-state index is 0.0857. The largest absolute Gasteiger partial charge is 0.493 e. The van der Waals surface area contributed by atoms with Crippen molar-refractivity contribution in [3.05, 3.63) is 90.4 Å². The molecule has 5 aromatic rings. The van der Waals surface area contributed by atoms with Gasteiger partial charge < -0.3 is 28.6 Å². The number of rotatable bonds is 7. The van der Waals surface area contributed by atoms with Gasteiger partial charge in [-0.25, -0.2) is 9.97 Å². The van der Waals surface area contributed by atoms with E-state index in [9.17, 15) is 4.79 Å². The number of benzene rings is 3. The number of piperazine rings is 1. The van der Waals surface area contributed by atoms with Crippen molar-refractivity contribution in [2.24, 2.45) is 0 Å². The Bertz CT molecular complexity index is 1720. The lowest BCUT2D eigenvalue weighted by Crippen LogP contribution is -2.49. The van der Waals surface area contributed by atoms with Crippen molar-refractivity contribution < 1.29 is 19.0 Å². The Morgan fingerprint density at radius 2 is 1.48 bits per heavy atom. The summed E-state index contributed by atoms with van der Waals surface area (Å²) in [6.07, 6.45) is 3.79. The summed E-state index contributed by atoms with van der Waals surface area (Å²) in [4.78, 5) is 27.2. The number of aryl methyl sites for hydroxylation is 1. The number of ether oxygens (including phenoxy) is 3. The number of amides is 1. The third kappa shape index (κ3) is 4.76. The van der Waals surface area contributed by atoms with Crippen LogP contribution in [0, 0.1) is 6.92 Å². The maximum atomic E-state index is 13.5. The summed E-state index contributed by atoms with van der Waals surface area (Å²) in [5.41, 5.74) is 5.75. The molecule has 6 rings (SSSR count). The van der Waals surface area contributed by atoms with Crippen LogP contribution in [0.5, 0.6) is 17.2 Å². The van der Waals surface area contributed by atoms with Crippen LogP contribution < -0.4 is 19.1 Å². The molecule has 1 aliphatic rings. The third-order valence-corrected chi connectivity index (χ3v) is 7.80. The van der Waals surface area contributed by atoms with E-state index in [4.69, 9.17) is 24.2 Å². The number of aromatic nitrogens is 3. The summed E-state index contributed by atoms with van der Waals surface area (Å²) in [7, 11) is 4.63. The predicted molar refractivity (Wildman–Crippen MR) is 163 cm³/mol. The van der Waals surface area contributed by atoms with E-state index in [1.54, 1.807) is 39.8 Å². The smallest absolute Gasteiger partial charge is 0.254 e. The molecule has 0 aliphatic carbocycles. The van der Waals surface area contributed by atoms with Crippen LogP contribution in [-0.4, -0.2) is 72.9 Å². The molecule has 0 spiro atoms. The van der Waals surface area contributed by atoms with Crippen molar-refractivity contribution in [1.82, 2.24) is 19.4 Å². The van der Waals surface area contributed by atoms with E-state index in [1.165, 1.54) is 0 Å². The molecule has 0 N–H and O–H groups in total. The molecule has 9 heteroatoms. The second-order valence-corrected chi connectivity index (χ2v) is 10.2. The van der Waals surface area contributed by atoms with Crippen LogP contribution in [0.3, 0.4) is 0 Å². The highest BCUT2D eigenvalue weighted by molar-refractivity contribution is 6.02. The first kappa shape index (κ1) is 27.1. The number of fused-ring (bicyclic) bond motifs is 1. The van der Waals surface area contributed by atoms with Crippen LogP contribution in [0.4, 0.5) is 5.82 Å². The number of carbonyl (C=O) groups excluding carboxylic acids is 1. The quantitative estimate of drug-likeness (QED) is 0.263. The Kier molecular flexibility index (Phi) is 7.39. The molecule has 0 unspecified atom stereocenters. The van der Waals surface area contributed by atoms with Gasteiger partial charge in [0.2, 0.25) is 5.75 Å². The van der Waals surface area contributed by atoms with Crippen molar-refractivity contribution in [3.8, 4) is 34.1 Å². The van der Waals surface area contributed by atoms with Crippen molar-refractivity contribution >= 4 is 22.8 Å². The van der Waals surface area contributed by atoms with Crippen LogP contribution in [0.25, 0.3) is 27.8 Å². The van der Waals surface area contributed by atoms with Gasteiger partial charge in [0.25, 0.3) is 5.91 Å². The molecular weight excluding hydrogens is 530 g/mol. The van der Waals surface area contributed by atoms with E-state index in [0.717, 1.165) is 39.2 Å². The number of anilines is 1. The molecule has 2 aromatic heterocycles. The zero-order valence-corrected chi connectivity index (χ0v) is 24.2. The lowest BCUT2D eigenvalue weighted by molar-refractivity contribution is 0.0745. The molecule has 9 nitrogen and oxygen atoms in total. The molecule has 1 saturated heterocycles. The van der Waals surface area contributed by atoms with Crippen LogP contribution in [-0.2, 0) is 0 Å². The van der Waals surface area contributed by atoms with Gasteiger partial charge in [0, 0.05) is 49.2 Å². The SMILES string of the molecule is COc1cc(C(=O)N2CCN(c3ncnc4c3c(-c3ccccc3)cn4-c3ccccc3C)CC2)cc(OC)c1OC. The zero-order valence-electron chi connectivity index (χ0n) is 24.2. The Labute approximate surface area is 244 Å². The van der Waals surface area contributed by atoms with E-state index in [-0.39, 0.29) is 5.91 Å². The molecule has 0 bridgehead atoms. The van der Waals surface area contributed by atoms with Crippen molar-refractivity contribution in [2.75, 3.05) is 52.4 Å². The zero-order chi connectivity index (χ0) is 29.2. The van der Waals surface area contributed by atoms with Gasteiger partial charge in [0.05, 0.1) is 26.7 Å². The summed E-state index contributed by atoms with van der Waals surface area (Å²) in [5, 5.41) is 0.997. The van der Waals surface area contributed by atoms with E-state index >= 15 is 0 Å². The van der Waals surface area contributed by atoms with Crippen molar-refractivity contribution in [1.29, 1.82) is 0 Å². The Morgan fingerprint density at radius 1 is 0.810 bits per heavy atom. The second-order valence-electron chi connectivity index (χ2n) is 10.2. The molecule has 1 aliphatic heterocycles. The second kappa shape index (κ2) is 11.4. The molecule has 0 radical (unpaired) electrons. The van der Waals surface area contributed by atoms with E-state index in [2.05, 4.69) is 46.9 Å². The van der Waals surface area contributed by atoms with Crippen LogP contribution in [0.15, 0.2) is 79.3 Å². The molecular formula is C33H33N5O4. The van der Waals surface area contributed by atoms with Gasteiger partial charge in [-0.15, -0.1) is 0 Å². The molecule has 0 saturated carbocycles. The first-order valence-electron chi connectivity index (χ1n) is 13.9. The number of para-hydroxylation sites is 1. The Hall–Kier alpha value is -5.05. The standard InChI is InChI=1S/C33H33N5O4/c1-22-10-8-9-13-26(22)38-20-25(23-11-6-5-7-12-23)29-31(34-21-35-32(29)38)36-14-16-37(17-15-36)33(39)24-18-27(40-2)30(42-4)28(19-24)41-3/h5-13,18-21H,14-17H2,1-4H3. The van der Waals surface area contributed by atoms with Gasteiger partial charge in [-0.3, -0.25) is 4.79 Å². The lowest BCUT2D eigenvalue weighted by atomic mass is 10.1. The summed E-state index contributed by atoms with van der Waals surface area (Å²) in [6.45, 7) is 4.45. The van der Waals surface area contributed by atoms with Crippen molar-refractivity contribution in [2.45, 2.75) is 6.92 Å². The van der Waals surface area contributed by atoms with E-state index in [0.29, 0.717) is 49.0 Å². The Balaban J connectivity index is 1.33. The van der Waals surface area contributed by atoms with Crippen LogP contribution in [0.2, 0.25) is 0 Å². The van der Waals surface area contributed by atoms with Gasteiger partial charge in [0.1, 0.15) is 12.1 Å². The number of carbonyl (C=O) groups is 1. The minimum Gasteiger partial charge on any atom is -0.493 e. The molecule has 0 atom stereocenters. The predicted octanol–water partition coefficient (Wildman–Crippen LogP) is 5.38.